The molecule has 0 fully saturated rings. The second-order valence-electron chi connectivity index (χ2n) is 3.69. The molecule has 1 unspecified atom stereocenters. The molecule has 17 heavy (non-hydrogen) atoms. The van der Waals surface area contributed by atoms with Gasteiger partial charge in [-0.1, -0.05) is 12.1 Å². The lowest BCUT2D eigenvalue weighted by Gasteiger charge is -2.23. The summed E-state index contributed by atoms with van der Waals surface area (Å²) in [7, 11) is 1.48. The maximum atomic E-state index is 10.8. The highest BCUT2D eigenvalue weighted by atomic mass is 16.6. The van der Waals surface area contributed by atoms with Gasteiger partial charge in [-0.05, 0) is 6.07 Å². The molecule has 1 heterocycles. The van der Waals surface area contributed by atoms with E-state index < -0.39 is 12.1 Å². The zero-order valence-electron chi connectivity index (χ0n) is 9.51. The van der Waals surface area contributed by atoms with Gasteiger partial charge in [0.15, 0.2) is 11.5 Å². The normalized spacial score (nSPS) is 15.4. The molecule has 1 atom stereocenters. The smallest absolute Gasteiger partial charge is 0.306 e. The molecule has 0 aliphatic carbocycles. The molecule has 1 N–H and O–H groups in total. The van der Waals surface area contributed by atoms with Gasteiger partial charge in [0.05, 0.1) is 12.5 Å². The van der Waals surface area contributed by atoms with Gasteiger partial charge in [0, 0.05) is 12.7 Å². The van der Waals surface area contributed by atoms with Crippen molar-refractivity contribution in [3.8, 4) is 11.5 Å². The fourth-order valence-corrected chi connectivity index (χ4v) is 1.83. The minimum atomic E-state index is -0.911. The molecule has 5 heteroatoms. The SMILES string of the molecule is COC(CC(=O)O)c1cccc2c1OCCO2. The van der Waals surface area contributed by atoms with Crippen molar-refractivity contribution in [2.75, 3.05) is 20.3 Å². The Morgan fingerprint density at radius 2 is 2.24 bits per heavy atom. The number of carbonyl (C=O) groups is 1. The second-order valence-corrected chi connectivity index (χ2v) is 3.69. The van der Waals surface area contributed by atoms with Gasteiger partial charge in [-0.2, -0.15) is 0 Å². The predicted octanol–water partition coefficient (Wildman–Crippen LogP) is 1.62. The van der Waals surface area contributed by atoms with Gasteiger partial charge >= 0.3 is 5.97 Å². The first-order chi connectivity index (χ1) is 8.22. The molecule has 0 amide bonds. The van der Waals surface area contributed by atoms with E-state index in [9.17, 15) is 4.79 Å². The highest BCUT2D eigenvalue weighted by Crippen LogP contribution is 2.38. The summed E-state index contributed by atoms with van der Waals surface area (Å²) < 4.78 is 16.2. The van der Waals surface area contributed by atoms with Crippen LogP contribution in [0.3, 0.4) is 0 Å². The van der Waals surface area contributed by atoms with Crippen molar-refractivity contribution in [1.82, 2.24) is 0 Å². The van der Waals surface area contributed by atoms with Gasteiger partial charge in [0.25, 0.3) is 0 Å². The Balaban J connectivity index is 2.32. The number of rotatable bonds is 4. The van der Waals surface area contributed by atoms with Gasteiger partial charge in [-0.25, -0.2) is 0 Å². The van der Waals surface area contributed by atoms with Crippen molar-refractivity contribution in [3.05, 3.63) is 23.8 Å². The molecule has 0 radical (unpaired) electrons. The standard InChI is InChI=1S/C12H14O5/c1-15-10(7-11(13)14)8-3-2-4-9-12(8)17-6-5-16-9/h2-4,10H,5-7H2,1H3,(H,13,14). The highest BCUT2D eigenvalue weighted by Gasteiger charge is 2.23. The number of benzene rings is 1. The molecule has 0 saturated heterocycles. The van der Waals surface area contributed by atoms with Crippen molar-refractivity contribution in [3.63, 3.8) is 0 Å². The number of ether oxygens (including phenoxy) is 3. The van der Waals surface area contributed by atoms with Crippen molar-refractivity contribution in [1.29, 1.82) is 0 Å². The Kier molecular flexibility index (Phi) is 3.49. The average Bonchev–Trinajstić information content (AvgIpc) is 2.35. The number of carboxylic acid groups (broad SMARTS) is 1. The summed E-state index contributed by atoms with van der Waals surface area (Å²) in [6.45, 7) is 0.973. The van der Waals surface area contributed by atoms with Gasteiger partial charge in [-0.15, -0.1) is 0 Å². The zero-order valence-corrected chi connectivity index (χ0v) is 9.51. The lowest BCUT2D eigenvalue weighted by molar-refractivity contribution is -0.139. The van der Waals surface area contributed by atoms with E-state index in [1.807, 2.05) is 0 Å². The van der Waals surface area contributed by atoms with Crippen LogP contribution >= 0.6 is 0 Å². The third kappa shape index (κ3) is 2.50. The first kappa shape index (κ1) is 11.7. The number of aliphatic carboxylic acids is 1. The molecule has 2 rings (SSSR count). The van der Waals surface area contributed by atoms with E-state index in [2.05, 4.69) is 0 Å². The van der Waals surface area contributed by atoms with Crippen LogP contribution < -0.4 is 9.47 Å². The Morgan fingerprint density at radius 3 is 2.94 bits per heavy atom. The second kappa shape index (κ2) is 5.05. The van der Waals surface area contributed by atoms with Crippen LogP contribution in [0.25, 0.3) is 0 Å². The minimum Gasteiger partial charge on any atom is -0.486 e. The van der Waals surface area contributed by atoms with Gasteiger partial charge in [0.1, 0.15) is 13.2 Å². The van der Waals surface area contributed by atoms with E-state index in [4.69, 9.17) is 19.3 Å². The van der Waals surface area contributed by atoms with E-state index in [1.54, 1.807) is 18.2 Å². The fraction of sp³-hybridized carbons (Fsp3) is 0.417. The predicted molar refractivity (Wildman–Crippen MR) is 59.4 cm³/mol. The molecule has 0 aromatic heterocycles. The van der Waals surface area contributed by atoms with Crippen LogP contribution in [0.1, 0.15) is 18.1 Å². The van der Waals surface area contributed by atoms with E-state index in [0.717, 1.165) is 0 Å². The first-order valence-electron chi connectivity index (χ1n) is 5.35. The Morgan fingerprint density at radius 1 is 1.47 bits per heavy atom. The number of carboxylic acids is 1. The molecule has 92 valence electrons. The molecule has 1 aliphatic rings. The van der Waals surface area contributed by atoms with Crippen LogP contribution in [-0.4, -0.2) is 31.4 Å². The average molecular weight is 238 g/mol. The minimum absolute atomic E-state index is 0.101. The van der Waals surface area contributed by atoms with Gasteiger partial charge in [-0.3, -0.25) is 4.79 Å². The van der Waals surface area contributed by atoms with Crippen LogP contribution in [0.2, 0.25) is 0 Å². The van der Waals surface area contributed by atoms with Gasteiger partial charge < -0.3 is 19.3 Å². The van der Waals surface area contributed by atoms with Crippen LogP contribution in [0, 0.1) is 0 Å². The summed E-state index contributed by atoms with van der Waals surface area (Å²) in [5, 5.41) is 8.83. The number of methoxy groups -OCH3 is 1. The molecule has 1 aromatic rings. The molecule has 5 nitrogen and oxygen atoms in total. The zero-order chi connectivity index (χ0) is 12.3. The highest BCUT2D eigenvalue weighted by molar-refractivity contribution is 5.68. The summed E-state index contributed by atoms with van der Waals surface area (Å²) in [4.78, 5) is 10.8. The maximum Gasteiger partial charge on any atom is 0.306 e. The number of fused-ring (bicyclic) bond motifs is 1. The topological polar surface area (TPSA) is 65.0 Å². The molecular weight excluding hydrogens is 224 g/mol. The number of hydrogen-bond acceptors (Lipinski definition) is 4. The Labute approximate surface area is 98.9 Å². The summed E-state index contributed by atoms with van der Waals surface area (Å²) in [6, 6.07) is 5.40. The molecule has 1 aromatic carbocycles. The van der Waals surface area contributed by atoms with Crippen molar-refractivity contribution >= 4 is 5.97 Å². The van der Waals surface area contributed by atoms with E-state index in [0.29, 0.717) is 30.3 Å². The van der Waals surface area contributed by atoms with Crippen LogP contribution in [0.4, 0.5) is 0 Å². The van der Waals surface area contributed by atoms with Gasteiger partial charge in [0.2, 0.25) is 0 Å². The Hall–Kier alpha value is -1.75. The molecular formula is C12H14O5. The van der Waals surface area contributed by atoms with E-state index in [-0.39, 0.29) is 6.42 Å². The van der Waals surface area contributed by atoms with Crippen molar-refractivity contribution in [2.45, 2.75) is 12.5 Å². The first-order valence-corrected chi connectivity index (χ1v) is 5.35. The van der Waals surface area contributed by atoms with Crippen LogP contribution in [0.5, 0.6) is 11.5 Å². The maximum absolute atomic E-state index is 10.8. The summed E-state index contributed by atoms with van der Waals surface area (Å²) in [6.07, 6.45) is -0.625. The number of para-hydroxylation sites is 1. The molecule has 0 saturated carbocycles. The summed E-state index contributed by atoms with van der Waals surface area (Å²) >= 11 is 0. The van der Waals surface area contributed by atoms with Crippen molar-refractivity contribution in [2.24, 2.45) is 0 Å². The van der Waals surface area contributed by atoms with E-state index in [1.165, 1.54) is 7.11 Å². The molecule has 1 aliphatic heterocycles. The monoisotopic (exact) mass is 238 g/mol. The lowest BCUT2D eigenvalue weighted by Crippen LogP contribution is -2.18. The molecule has 0 spiro atoms. The largest absolute Gasteiger partial charge is 0.486 e. The quantitative estimate of drug-likeness (QED) is 0.863. The number of hydrogen-bond donors (Lipinski definition) is 1. The third-order valence-corrected chi connectivity index (χ3v) is 2.59. The van der Waals surface area contributed by atoms with Crippen LogP contribution in [-0.2, 0) is 9.53 Å². The molecule has 0 bridgehead atoms. The van der Waals surface area contributed by atoms with E-state index >= 15 is 0 Å². The third-order valence-electron chi connectivity index (χ3n) is 2.59. The fourth-order valence-electron chi connectivity index (χ4n) is 1.83. The van der Waals surface area contributed by atoms with Crippen LogP contribution in [0.15, 0.2) is 18.2 Å². The summed E-state index contributed by atoms with van der Waals surface area (Å²) in [5.74, 6) is 0.319. The Bertz CT molecular complexity index is 415. The lowest BCUT2D eigenvalue weighted by atomic mass is 10.0. The summed E-state index contributed by atoms with van der Waals surface area (Å²) in [5.41, 5.74) is 0.715. The van der Waals surface area contributed by atoms with Crippen molar-refractivity contribution < 1.29 is 24.1 Å².